The first kappa shape index (κ1) is 19.5. The van der Waals surface area contributed by atoms with Crippen molar-refractivity contribution in [3.8, 4) is 0 Å². The first-order valence-corrected chi connectivity index (χ1v) is 11.2. The molecule has 3 aromatic rings. The summed E-state index contributed by atoms with van der Waals surface area (Å²) in [6.45, 7) is 3.96. The Bertz CT molecular complexity index is 1150. The quantitative estimate of drug-likeness (QED) is 0.663. The van der Waals surface area contributed by atoms with Gasteiger partial charge in [0.1, 0.15) is 6.54 Å². The molecule has 1 aliphatic heterocycles. The van der Waals surface area contributed by atoms with E-state index in [1.54, 1.807) is 18.2 Å². The summed E-state index contributed by atoms with van der Waals surface area (Å²) in [5.41, 5.74) is 1.58. The van der Waals surface area contributed by atoms with Gasteiger partial charge in [-0.15, -0.1) is 0 Å². The van der Waals surface area contributed by atoms with Crippen LogP contribution in [0.3, 0.4) is 0 Å². The van der Waals surface area contributed by atoms with Crippen LogP contribution in [-0.4, -0.2) is 20.9 Å². The summed E-state index contributed by atoms with van der Waals surface area (Å²) < 4.78 is 27.4. The van der Waals surface area contributed by atoms with E-state index in [2.05, 4.69) is 19.2 Å². The predicted octanol–water partition coefficient (Wildman–Crippen LogP) is 4.25. The zero-order chi connectivity index (χ0) is 20.6. The van der Waals surface area contributed by atoms with E-state index in [-0.39, 0.29) is 23.4 Å². The van der Waals surface area contributed by atoms with Crippen LogP contribution < -0.4 is 9.62 Å². The number of anilines is 1. The average molecular weight is 409 g/mol. The van der Waals surface area contributed by atoms with E-state index in [9.17, 15) is 13.2 Å². The first-order chi connectivity index (χ1) is 13.9. The summed E-state index contributed by atoms with van der Waals surface area (Å²) in [5, 5.41) is 4.58. The van der Waals surface area contributed by atoms with E-state index < -0.39 is 10.0 Å². The smallest absolute Gasteiger partial charge is 0.265 e. The maximum Gasteiger partial charge on any atom is 0.265 e. The summed E-state index contributed by atoms with van der Waals surface area (Å²) in [7, 11) is -3.74. The largest absolute Gasteiger partial charge is 0.348 e. The fourth-order valence-corrected chi connectivity index (χ4v) is 5.60. The molecule has 1 aliphatic rings. The van der Waals surface area contributed by atoms with Gasteiger partial charge in [-0.2, -0.15) is 0 Å². The zero-order valence-corrected chi connectivity index (χ0v) is 17.3. The van der Waals surface area contributed by atoms with Crippen LogP contribution in [0, 0.1) is 5.92 Å². The Morgan fingerprint density at radius 2 is 1.66 bits per heavy atom. The third kappa shape index (κ3) is 3.60. The average Bonchev–Trinajstić information content (AvgIpc) is 2.91. The number of sulfonamides is 1. The molecule has 29 heavy (non-hydrogen) atoms. The van der Waals surface area contributed by atoms with Crippen molar-refractivity contribution in [1.29, 1.82) is 0 Å². The van der Waals surface area contributed by atoms with Crippen molar-refractivity contribution in [3.05, 3.63) is 72.3 Å². The molecule has 6 heteroatoms. The monoisotopic (exact) mass is 408 g/mol. The number of nitrogens with one attached hydrogen (secondary N) is 1. The predicted molar refractivity (Wildman–Crippen MR) is 115 cm³/mol. The summed E-state index contributed by atoms with van der Waals surface area (Å²) in [6, 6.07) is 20.3. The number of nitrogens with zero attached hydrogens (tertiary/aromatic N) is 1. The van der Waals surface area contributed by atoms with Crippen molar-refractivity contribution in [2.24, 2.45) is 5.92 Å². The second-order valence-electron chi connectivity index (χ2n) is 7.80. The summed E-state index contributed by atoms with van der Waals surface area (Å²) in [5.74, 6) is 0.0712. The SMILES string of the molecule is CC(C)C[C@@H](NC(=O)CN1c2cccc3cccc(c23)S1(=O)=O)c1ccccc1. The summed E-state index contributed by atoms with van der Waals surface area (Å²) in [4.78, 5) is 13.2. The lowest BCUT2D eigenvalue weighted by Gasteiger charge is -2.24. The molecule has 0 spiro atoms. The number of carbonyl (C=O) groups is 1. The Hall–Kier alpha value is -2.86. The van der Waals surface area contributed by atoms with Gasteiger partial charge in [-0.1, -0.05) is 68.4 Å². The number of rotatable bonds is 6. The molecular weight excluding hydrogens is 384 g/mol. The number of hydrogen-bond donors (Lipinski definition) is 1. The molecule has 150 valence electrons. The van der Waals surface area contributed by atoms with Crippen LogP contribution in [0.1, 0.15) is 31.9 Å². The molecule has 0 fully saturated rings. The molecular formula is C23H24N2O3S. The van der Waals surface area contributed by atoms with Crippen LogP contribution in [0.25, 0.3) is 10.8 Å². The van der Waals surface area contributed by atoms with Crippen LogP contribution >= 0.6 is 0 Å². The molecule has 0 saturated heterocycles. The van der Waals surface area contributed by atoms with Crippen LogP contribution in [0.4, 0.5) is 5.69 Å². The van der Waals surface area contributed by atoms with Crippen LogP contribution in [0.2, 0.25) is 0 Å². The number of carbonyl (C=O) groups excluding carboxylic acids is 1. The molecule has 1 heterocycles. The van der Waals surface area contributed by atoms with Gasteiger partial charge in [0.15, 0.2) is 0 Å². The molecule has 1 amide bonds. The Kier molecular flexibility index (Phi) is 5.04. The van der Waals surface area contributed by atoms with Gasteiger partial charge in [0.05, 0.1) is 16.6 Å². The maximum absolute atomic E-state index is 13.1. The molecule has 0 saturated carbocycles. The van der Waals surface area contributed by atoms with Gasteiger partial charge in [-0.3, -0.25) is 9.10 Å². The second-order valence-corrected chi connectivity index (χ2v) is 9.63. The lowest BCUT2D eigenvalue weighted by Crippen LogP contribution is -2.40. The van der Waals surface area contributed by atoms with E-state index in [4.69, 9.17) is 0 Å². The molecule has 3 aromatic carbocycles. The second kappa shape index (κ2) is 7.52. The third-order valence-electron chi connectivity index (χ3n) is 5.21. The molecule has 0 aromatic heterocycles. The topological polar surface area (TPSA) is 66.5 Å². The minimum absolute atomic E-state index is 0.160. The van der Waals surface area contributed by atoms with Gasteiger partial charge in [0.25, 0.3) is 10.0 Å². The van der Waals surface area contributed by atoms with Gasteiger partial charge in [0, 0.05) is 5.39 Å². The van der Waals surface area contributed by atoms with E-state index >= 15 is 0 Å². The van der Waals surface area contributed by atoms with Crippen LogP contribution in [0.5, 0.6) is 0 Å². The van der Waals surface area contributed by atoms with Crippen molar-refractivity contribution >= 4 is 32.4 Å². The normalized spacial score (nSPS) is 15.6. The molecule has 5 nitrogen and oxygen atoms in total. The standard InChI is InChI=1S/C23H24N2O3S/c1-16(2)14-19(17-8-4-3-5-9-17)24-22(26)15-25-20-12-6-10-18-11-7-13-21(23(18)20)29(25,27)28/h3-13,16,19H,14-15H2,1-2H3,(H,24,26)/t19-/m1/s1. The van der Waals surface area contributed by atoms with Crippen molar-refractivity contribution < 1.29 is 13.2 Å². The minimum atomic E-state index is -3.74. The highest BCUT2D eigenvalue weighted by Crippen LogP contribution is 2.41. The van der Waals surface area contributed by atoms with Crippen molar-refractivity contribution in [2.45, 2.75) is 31.2 Å². The molecule has 0 bridgehead atoms. The Balaban J connectivity index is 1.61. The van der Waals surface area contributed by atoms with E-state index in [0.29, 0.717) is 17.0 Å². The van der Waals surface area contributed by atoms with Gasteiger partial charge in [-0.05, 0) is 35.4 Å². The van der Waals surface area contributed by atoms with Crippen molar-refractivity contribution in [1.82, 2.24) is 5.32 Å². The molecule has 1 N–H and O–H groups in total. The van der Waals surface area contributed by atoms with E-state index in [1.165, 1.54) is 4.31 Å². The van der Waals surface area contributed by atoms with Gasteiger partial charge in [-0.25, -0.2) is 8.42 Å². The number of hydrogen-bond acceptors (Lipinski definition) is 3. The van der Waals surface area contributed by atoms with E-state index in [0.717, 1.165) is 17.4 Å². The molecule has 1 atom stereocenters. The molecule has 0 radical (unpaired) electrons. The van der Waals surface area contributed by atoms with Crippen LogP contribution in [-0.2, 0) is 14.8 Å². The number of amides is 1. The highest BCUT2D eigenvalue weighted by molar-refractivity contribution is 7.93. The van der Waals surface area contributed by atoms with Crippen LogP contribution in [0.15, 0.2) is 71.6 Å². The lowest BCUT2D eigenvalue weighted by molar-refractivity contribution is -0.120. The summed E-state index contributed by atoms with van der Waals surface area (Å²) >= 11 is 0. The summed E-state index contributed by atoms with van der Waals surface area (Å²) in [6.07, 6.45) is 0.776. The maximum atomic E-state index is 13.1. The number of benzene rings is 3. The third-order valence-corrected chi connectivity index (χ3v) is 7.01. The van der Waals surface area contributed by atoms with Gasteiger partial charge < -0.3 is 5.32 Å². The Labute approximate surface area is 171 Å². The molecule has 4 rings (SSSR count). The van der Waals surface area contributed by atoms with E-state index in [1.807, 2.05) is 48.5 Å². The Morgan fingerprint density at radius 1 is 0.966 bits per heavy atom. The van der Waals surface area contributed by atoms with Crippen molar-refractivity contribution in [2.75, 3.05) is 10.8 Å². The highest BCUT2D eigenvalue weighted by Gasteiger charge is 2.36. The minimum Gasteiger partial charge on any atom is -0.348 e. The van der Waals surface area contributed by atoms with Gasteiger partial charge in [0.2, 0.25) is 5.91 Å². The lowest BCUT2D eigenvalue weighted by atomic mass is 9.97. The zero-order valence-electron chi connectivity index (χ0n) is 16.5. The first-order valence-electron chi connectivity index (χ1n) is 9.76. The highest BCUT2D eigenvalue weighted by atomic mass is 32.2. The molecule has 0 aliphatic carbocycles. The molecule has 0 unspecified atom stereocenters. The van der Waals surface area contributed by atoms with Crippen molar-refractivity contribution in [3.63, 3.8) is 0 Å². The fraction of sp³-hybridized carbons (Fsp3) is 0.261. The fourth-order valence-electron chi connectivity index (χ4n) is 3.93. The Morgan fingerprint density at radius 3 is 2.34 bits per heavy atom. The van der Waals surface area contributed by atoms with Gasteiger partial charge >= 0.3 is 0 Å².